The number of rotatable bonds is 7. The van der Waals surface area contributed by atoms with Crippen molar-refractivity contribution in [1.82, 2.24) is 20.9 Å². The number of hydrogen-bond donors (Lipinski definition) is 4. The Morgan fingerprint density at radius 3 is 2.51 bits per heavy atom. The van der Waals surface area contributed by atoms with E-state index in [0.717, 1.165) is 38.5 Å². The lowest BCUT2D eigenvalue weighted by atomic mass is 9.84. The molecular weight excluding hydrogens is 452 g/mol. The molecule has 3 saturated carbocycles. The molecule has 4 N–H and O–H groups in total. The Balaban J connectivity index is 1.35. The van der Waals surface area contributed by atoms with E-state index in [2.05, 4.69) is 16.0 Å². The van der Waals surface area contributed by atoms with E-state index in [1.807, 2.05) is 0 Å². The fourth-order valence-corrected chi connectivity index (χ4v) is 6.37. The molecule has 10 heteroatoms. The normalized spacial score (nSPS) is 32.2. The number of carbonyl (C=O) groups is 4. The maximum atomic E-state index is 13.8. The molecule has 6 atom stereocenters. The van der Waals surface area contributed by atoms with Crippen LogP contribution in [0.4, 0.5) is 4.79 Å². The molecular formula is C25H38N4O6. The molecule has 5 fully saturated rings. The number of piperidine rings is 1. The molecule has 4 amide bonds. The predicted molar refractivity (Wildman–Crippen MR) is 125 cm³/mol. The standard InChI is InChI=1S/C25H38N4O6/c1-24(2,3)35-23(34)29-15-11-16(25(12-15)7-8-25)18(29)21(32)28-17(10-13-6-9-26-20(13)31)19(30)22(33)27-14-4-5-14/h13-19,30H,4-12H2,1-3H3,(H,26,31)(H,27,33)(H,28,32)/t13-,15-,16-,17-,18-,19?/m0/s1. The van der Waals surface area contributed by atoms with E-state index < -0.39 is 35.8 Å². The van der Waals surface area contributed by atoms with Crippen LogP contribution < -0.4 is 16.0 Å². The van der Waals surface area contributed by atoms with Crippen molar-refractivity contribution in [2.75, 3.05) is 6.54 Å². The number of nitrogens with zero attached hydrogens (tertiary/aromatic N) is 1. The zero-order chi connectivity index (χ0) is 25.1. The summed E-state index contributed by atoms with van der Waals surface area (Å²) in [6.07, 6.45) is 4.28. The molecule has 10 nitrogen and oxygen atoms in total. The van der Waals surface area contributed by atoms with Crippen molar-refractivity contribution in [3.05, 3.63) is 0 Å². The van der Waals surface area contributed by atoms with Gasteiger partial charge in [0.05, 0.1) is 6.04 Å². The molecule has 0 radical (unpaired) electrons. The topological polar surface area (TPSA) is 137 Å². The number of likely N-dealkylation sites (tertiary alicyclic amines) is 1. The molecule has 0 aromatic rings. The van der Waals surface area contributed by atoms with Gasteiger partial charge < -0.3 is 25.8 Å². The fourth-order valence-electron chi connectivity index (χ4n) is 6.37. The third-order valence-corrected chi connectivity index (χ3v) is 8.40. The second-order valence-corrected chi connectivity index (χ2v) is 12.3. The van der Waals surface area contributed by atoms with Crippen molar-refractivity contribution in [1.29, 1.82) is 0 Å². The summed E-state index contributed by atoms with van der Waals surface area (Å²) in [6.45, 7) is 5.94. The highest BCUT2D eigenvalue weighted by molar-refractivity contribution is 5.89. The van der Waals surface area contributed by atoms with Gasteiger partial charge in [0.1, 0.15) is 11.6 Å². The van der Waals surface area contributed by atoms with Gasteiger partial charge in [-0.05, 0) is 83.5 Å². The van der Waals surface area contributed by atoms with Gasteiger partial charge in [0.2, 0.25) is 11.8 Å². The van der Waals surface area contributed by atoms with Gasteiger partial charge >= 0.3 is 6.09 Å². The van der Waals surface area contributed by atoms with E-state index in [1.165, 1.54) is 0 Å². The van der Waals surface area contributed by atoms with Gasteiger partial charge in [-0.2, -0.15) is 0 Å². The maximum Gasteiger partial charge on any atom is 0.411 e. The van der Waals surface area contributed by atoms with Crippen LogP contribution in [0.2, 0.25) is 0 Å². The first-order valence-electron chi connectivity index (χ1n) is 13.1. The number of nitrogens with one attached hydrogen (secondary N) is 3. The molecule has 0 aromatic carbocycles. The van der Waals surface area contributed by atoms with Crippen LogP contribution in [0.5, 0.6) is 0 Å². The third-order valence-electron chi connectivity index (χ3n) is 8.40. The molecule has 2 bridgehead atoms. The summed E-state index contributed by atoms with van der Waals surface area (Å²) in [7, 11) is 0. The Labute approximate surface area is 205 Å². The largest absolute Gasteiger partial charge is 0.444 e. The minimum atomic E-state index is -1.48. The Morgan fingerprint density at radius 1 is 1.23 bits per heavy atom. The van der Waals surface area contributed by atoms with Gasteiger partial charge in [-0.25, -0.2) is 4.79 Å². The van der Waals surface area contributed by atoms with Gasteiger partial charge in [-0.1, -0.05) is 0 Å². The van der Waals surface area contributed by atoms with E-state index in [0.29, 0.717) is 13.0 Å². The highest BCUT2D eigenvalue weighted by atomic mass is 16.6. The molecule has 194 valence electrons. The SMILES string of the molecule is CC(C)(C)OC(=O)N1[C@H]2C[C@@H]([C@H]1C(=O)N[C@@H](C[C@@H]1CCNC1=O)C(O)C(=O)NC1CC1)C1(CC1)C2. The minimum Gasteiger partial charge on any atom is -0.444 e. The monoisotopic (exact) mass is 490 g/mol. The van der Waals surface area contributed by atoms with Crippen molar-refractivity contribution in [3.63, 3.8) is 0 Å². The van der Waals surface area contributed by atoms with Crippen molar-refractivity contribution in [2.24, 2.45) is 17.3 Å². The zero-order valence-corrected chi connectivity index (χ0v) is 20.8. The molecule has 5 aliphatic rings. The molecule has 0 aromatic heterocycles. The van der Waals surface area contributed by atoms with Gasteiger partial charge in [-0.15, -0.1) is 0 Å². The van der Waals surface area contributed by atoms with E-state index in [1.54, 1.807) is 25.7 Å². The van der Waals surface area contributed by atoms with Crippen molar-refractivity contribution < 1.29 is 29.0 Å². The lowest BCUT2D eigenvalue weighted by molar-refractivity contribution is -0.136. The molecule has 3 aliphatic carbocycles. The van der Waals surface area contributed by atoms with E-state index in [4.69, 9.17) is 4.74 Å². The van der Waals surface area contributed by atoms with E-state index >= 15 is 0 Å². The number of fused-ring (bicyclic) bond motifs is 3. The first-order valence-corrected chi connectivity index (χ1v) is 13.1. The number of amides is 4. The van der Waals surface area contributed by atoms with Crippen LogP contribution in [0, 0.1) is 17.3 Å². The van der Waals surface area contributed by atoms with Crippen LogP contribution in [-0.4, -0.2) is 76.2 Å². The second-order valence-electron chi connectivity index (χ2n) is 12.3. The highest BCUT2D eigenvalue weighted by Gasteiger charge is 2.67. The van der Waals surface area contributed by atoms with Crippen LogP contribution in [0.1, 0.15) is 72.1 Å². The highest BCUT2D eigenvalue weighted by Crippen LogP contribution is 2.67. The number of ether oxygens (including phenoxy) is 1. The predicted octanol–water partition coefficient (Wildman–Crippen LogP) is 0.815. The van der Waals surface area contributed by atoms with E-state index in [-0.39, 0.29) is 47.6 Å². The van der Waals surface area contributed by atoms with Crippen molar-refractivity contribution in [3.8, 4) is 0 Å². The summed E-state index contributed by atoms with van der Waals surface area (Å²) >= 11 is 0. The number of aliphatic hydroxyl groups excluding tert-OH is 1. The first kappa shape index (κ1) is 24.3. The summed E-state index contributed by atoms with van der Waals surface area (Å²) in [6, 6.07) is -1.61. The van der Waals surface area contributed by atoms with Crippen LogP contribution in [-0.2, 0) is 19.1 Å². The Bertz CT molecular complexity index is 908. The smallest absolute Gasteiger partial charge is 0.411 e. The summed E-state index contributed by atoms with van der Waals surface area (Å²) in [5, 5.41) is 19.4. The number of aliphatic hydroxyl groups is 1. The Hall–Kier alpha value is -2.36. The van der Waals surface area contributed by atoms with Crippen LogP contribution in [0.15, 0.2) is 0 Å². The molecule has 2 saturated heterocycles. The van der Waals surface area contributed by atoms with Crippen molar-refractivity contribution in [2.45, 2.75) is 108 Å². The van der Waals surface area contributed by atoms with Gasteiger partial charge in [-0.3, -0.25) is 19.3 Å². The minimum absolute atomic E-state index is 0.0351. The average Bonchev–Trinajstić information content (AvgIpc) is 3.62. The van der Waals surface area contributed by atoms with Gasteiger partial charge in [0.25, 0.3) is 5.91 Å². The second kappa shape index (κ2) is 8.64. The lowest BCUT2D eigenvalue weighted by Gasteiger charge is -2.40. The molecule has 5 rings (SSSR count). The Morgan fingerprint density at radius 2 is 1.94 bits per heavy atom. The number of hydrogen-bond acceptors (Lipinski definition) is 6. The number of carbonyl (C=O) groups excluding carboxylic acids is 4. The molecule has 2 heterocycles. The summed E-state index contributed by atoms with van der Waals surface area (Å²) in [5.74, 6) is -1.40. The summed E-state index contributed by atoms with van der Waals surface area (Å²) < 4.78 is 5.65. The fraction of sp³-hybridized carbons (Fsp3) is 0.840. The first-order chi connectivity index (χ1) is 16.5. The van der Waals surface area contributed by atoms with E-state index in [9.17, 15) is 24.3 Å². The molecule has 1 spiro atoms. The lowest BCUT2D eigenvalue weighted by Crippen LogP contribution is -2.60. The summed E-state index contributed by atoms with van der Waals surface area (Å²) in [5.41, 5.74) is -0.583. The average molecular weight is 491 g/mol. The quantitative estimate of drug-likeness (QED) is 0.417. The third kappa shape index (κ3) is 4.86. The van der Waals surface area contributed by atoms with Gasteiger partial charge in [0, 0.05) is 24.5 Å². The maximum absolute atomic E-state index is 13.8. The van der Waals surface area contributed by atoms with Crippen LogP contribution in [0.3, 0.4) is 0 Å². The van der Waals surface area contributed by atoms with Crippen LogP contribution in [0.25, 0.3) is 0 Å². The van der Waals surface area contributed by atoms with Crippen molar-refractivity contribution >= 4 is 23.8 Å². The molecule has 2 aliphatic heterocycles. The molecule has 35 heavy (non-hydrogen) atoms. The zero-order valence-electron chi connectivity index (χ0n) is 20.8. The van der Waals surface area contributed by atoms with Gasteiger partial charge in [0.15, 0.2) is 6.10 Å². The molecule has 1 unspecified atom stereocenters. The Kier molecular flexibility index (Phi) is 6.01. The summed E-state index contributed by atoms with van der Waals surface area (Å²) in [4.78, 5) is 53.4. The van der Waals surface area contributed by atoms with Crippen LogP contribution >= 0.6 is 0 Å².